The molecule has 0 saturated heterocycles. The summed E-state index contributed by atoms with van der Waals surface area (Å²) in [6.07, 6.45) is 4.51. The number of carbonyl (C=O) groups excluding carboxylic acids is 1. The molecular weight excluding hydrogens is 200 g/mol. The lowest BCUT2D eigenvalue weighted by atomic mass is 10.0. The molecule has 1 aromatic heterocycles. The van der Waals surface area contributed by atoms with Gasteiger partial charge in [0.1, 0.15) is 0 Å². The molecular formula is C13H14N2O. The van der Waals surface area contributed by atoms with Gasteiger partial charge in [0, 0.05) is 30.4 Å². The van der Waals surface area contributed by atoms with Gasteiger partial charge in [0.05, 0.1) is 6.04 Å². The minimum Gasteiger partial charge on any atom is -0.341 e. The zero-order valence-electron chi connectivity index (χ0n) is 9.42. The number of carbonyl (C=O) groups is 1. The van der Waals surface area contributed by atoms with Crippen LogP contribution in [0.1, 0.15) is 18.5 Å². The van der Waals surface area contributed by atoms with Crippen molar-refractivity contribution in [1.29, 1.82) is 0 Å². The standard InChI is InChI=1S/C13H14N2O/c1-10(15(2)9-16)13-8-14-7-11-5-3-4-6-12(11)13/h3-10H,1-2H3. The van der Waals surface area contributed by atoms with Crippen LogP contribution in [-0.4, -0.2) is 23.3 Å². The van der Waals surface area contributed by atoms with Gasteiger partial charge in [-0.15, -0.1) is 0 Å². The van der Waals surface area contributed by atoms with Crippen molar-refractivity contribution in [3.05, 3.63) is 42.2 Å². The molecule has 1 heterocycles. The highest BCUT2D eigenvalue weighted by Crippen LogP contribution is 2.25. The number of fused-ring (bicyclic) bond motifs is 1. The summed E-state index contributed by atoms with van der Waals surface area (Å²) in [6.45, 7) is 2.00. The van der Waals surface area contributed by atoms with E-state index in [1.165, 1.54) is 0 Å². The summed E-state index contributed by atoms with van der Waals surface area (Å²) in [6, 6.07) is 8.11. The highest BCUT2D eigenvalue weighted by atomic mass is 16.1. The average Bonchev–Trinajstić information content (AvgIpc) is 2.36. The Morgan fingerprint density at radius 3 is 2.81 bits per heavy atom. The molecule has 0 aliphatic heterocycles. The lowest BCUT2D eigenvalue weighted by molar-refractivity contribution is -0.118. The van der Waals surface area contributed by atoms with Crippen LogP contribution in [0.5, 0.6) is 0 Å². The van der Waals surface area contributed by atoms with Crippen LogP contribution in [-0.2, 0) is 4.79 Å². The fourth-order valence-electron chi connectivity index (χ4n) is 1.78. The Labute approximate surface area is 94.7 Å². The molecule has 3 nitrogen and oxygen atoms in total. The van der Waals surface area contributed by atoms with Crippen molar-refractivity contribution in [3.8, 4) is 0 Å². The van der Waals surface area contributed by atoms with Crippen molar-refractivity contribution in [2.45, 2.75) is 13.0 Å². The lowest BCUT2D eigenvalue weighted by Crippen LogP contribution is -2.20. The second kappa shape index (κ2) is 4.31. The number of hydrogen-bond acceptors (Lipinski definition) is 2. The Balaban J connectivity index is 2.56. The largest absolute Gasteiger partial charge is 0.341 e. The highest BCUT2D eigenvalue weighted by Gasteiger charge is 2.12. The Bertz CT molecular complexity index is 505. The molecule has 16 heavy (non-hydrogen) atoms. The first-order valence-corrected chi connectivity index (χ1v) is 5.24. The molecule has 0 saturated carbocycles. The average molecular weight is 214 g/mol. The zero-order valence-corrected chi connectivity index (χ0v) is 9.42. The van der Waals surface area contributed by atoms with Crippen molar-refractivity contribution in [1.82, 2.24) is 9.88 Å². The fourth-order valence-corrected chi connectivity index (χ4v) is 1.78. The van der Waals surface area contributed by atoms with Crippen LogP contribution in [0.2, 0.25) is 0 Å². The van der Waals surface area contributed by atoms with E-state index in [0.29, 0.717) is 0 Å². The van der Waals surface area contributed by atoms with Gasteiger partial charge >= 0.3 is 0 Å². The van der Waals surface area contributed by atoms with Gasteiger partial charge in [-0.2, -0.15) is 0 Å². The smallest absolute Gasteiger partial charge is 0.209 e. The molecule has 1 atom stereocenters. The number of nitrogens with zero attached hydrogens (tertiary/aromatic N) is 2. The Morgan fingerprint density at radius 1 is 1.31 bits per heavy atom. The van der Waals surface area contributed by atoms with E-state index in [4.69, 9.17) is 0 Å². The number of rotatable bonds is 3. The molecule has 0 radical (unpaired) electrons. The maximum Gasteiger partial charge on any atom is 0.209 e. The highest BCUT2D eigenvalue weighted by molar-refractivity contribution is 5.85. The number of amides is 1. The summed E-state index contributed by atoms with van der Waals surface area (Å²) in [4.78, 5) is 16.6. The van der Waals surface area contributed by atoms with Crippen LogP contribution in [0.15, 0.2) is 36.7 Å². The van der Waals surface area contributed by atoms with E-state index in [9.17, 15) is 4.79 Å². The Kier molecular flexibility index (Phi) is 2.86. The molecule has 0 bridgehead atoms. The maximum atomic E-state index is 10.8. The monoisotopic (exact) mass is 214 g/mol. The molecule has 0 aliphatic carbocycles. The van der Waals surface area contributed by atoms with Crippen LogP contribution in [0.25, 0.3) is 10.8 Å². The molecule has 2 rings (SSSR count). The van der Waals surface area contributed by atoms with Crippen molar-refractivity contribution in [2.24, 2.45) is 0 Å². The zero-order chi connectivity index (χ0) is 11.5. The molecule has 1 aromatic carbocycles. The maximum absolute atomic E-state index is 10.8. The first kappa shape index (κ1) is 10.6. The molecule has 0 N–H and O–H groups in total. The summed E-state index contributed by atoms with van der Waals surface area (Å²) >= 11 is 0. The summed E-state index contributed by atoms with van der Waals surface area (Å²) < 4.78 is 0. The quantitative estimate of drug-likeness (QED) is 0.735. The Morgan fingerprint density at radius 2 is 2.06 bits per heavy atom. The van der Waals surface area contributed by atoms with Crippen molar-refractivity contribution < 1.29 is 4.79 Å². The molecule has 1 unspecified atom stereocenters. The van der Waals surface area contributed by atoms with Crippen LogP contribution >= 0.6 is 0 Å². The normalized spacial score (nSPS) is 12.4. The summed E-state index contributed by atoms with van der Waals surface area (Å²) in [5.74, 6) is 0. The molecule has 3 heteroatoms. The van der Waals surface area contributed by atoms with Crippen molar-refractivity contribution in [3.63, 3.8) is 0 Å². The van der Waals surface area contributed by atoms with Crippen molar-refractivity contribution in [2.75, 3.05) is 7.05 Å². The van der Waals surface area contributed by atoms with E-state index in [-0.39, 0.29) is 6.04 Å². The lowest BCUT2D eigenvalue weighted by Gasteiger charge is -2.21. The minimum absolute atomic E-state index is 0.0381. The molecule has 0 aliphatic rings. The Hall–Kier alpha value is -1.90. The van der Waals surface area contributed by atoms with Gasteiger partial charge in [-0.3, -0.25) is 9.78 Å². The molecule has 0 spiro atoms. The number of aromatic nitrogens is 1. The SMILES string of the molecule is CC(c1cncc2ccccc12)N(C)C=O. The van der Waals surface area contributed by atoms with Gasteiger partial charge in [-0.1, -0.05) is 24.3 Å². The minimum atomic E-state index is 0.0381. The molecule has 2 aromatic rings. The molecule has 82 valence electrons. The third-order valence-electron chi connectivity index (χ3n) is 2.93. The predicted octanol–water partition coefficient (Wildman–Crippen LogP) is 2.38. The second-order valence-corrected chi connectivity index (χ2v) is 3.90. The van der Waals surface area contributed by atoms with E-state index in [0.717, 1.165) is 22.7 Å². The number of pyridine rings is 1. The van der Waals surface area contributed by atoms with Gasteiger partial charge in [0.2, 0.25) is 6.41 Å². The summed E-state index contributed by atoms with van der Waals surface area (Å²) in [5.41, 5.74) is 1.08. The topological polar surface area (TPSA) is 33.2 Å². The molecule has 1 amide bonds. The number of hydrogen-bond donors (Lipinski definition) is 0. The summed E-state index contributed by atoms with van der Waals surface area (Å²) in [7, 11) is 1.78. The van der Waals surface area contributed by atoms with E-state index in [2.05, 4.69) is 11.1 Å². The van der Waals surface area contributed by atoms with E-state index in [1.807, 2.05) is 37.5 Å². The van der Waals surface area contributed by atoms with E-state index >= 15 is 0 Å². The van der Waals surface area contributed by atoms with Gasteiger partial charge in [0.15, 0.2) is 0 Å². The molecule has 0 fully saturated rings. The number of benzene rings is 1. The third-order valence-corrected chi connectivity index (χ3v) is 2.93. The second-order valence-electron chi connectivity index (χ2n) is 3.90. The van der Waals surface area contributed by atoms with Gasteiger partial charge in [-0.05, 0) is 12.3 Å². The van der Waals surface area contributed by atoms with E-state index < -0.39 is 0 Å². The van der Waals surface area contributed by atoms with Crippen LogP contribution in [0.4, 0.5) is 0 Å². The van der Waals surface area contributed by atoms with Crippen LogP contribution < -0.4 is 0 Å². The summed E-state index contributed by atoms with van der Waals surface area (Å²) in [5, 5.41) is 2.25. The van der Waals surface area contributed by atoms with E-state index in [1.54, 1.807) is 11.9 Å². The van der Waals surface area contributed by atoms with Gasteiger partial charge < -0.3 is 4.90 Å². The van der Waals surface area contributed by atoms with Gasteiger partial charge in [-0.25, -0.2) is 0 Å². The third kappa shape index (κ3) is 1.76. The van der Waals surface area contributed by atoms with Crippen molar-refractivity contribution >= 4 is 17.2 Å². The predicted molar refractivity (Wildman–Crippen MR) is 64.0 cm³/mol. The van der Waals surface area contributed by atoms with Crippen LogP contribution in [0.3, 0.4) is 0 Å². The fraction of sp³-hybridized carbons (Fsp3) is 0.231. The van der Waals surface area contributed by atoms with Crippen LogP contribution in [0, 0.1) is 0 Å². The first-order valence-electron chi connectivity index (χ1n) is 5.24. The van der Waals surface area contributed by atoms with Gasteiger partial charge in [0.25, 0.3) is 0 Å². The first-order chi connectivity index (χ1) is 7.74.